The van der Waals surface area contributed by atoms with Crippen molar-refractivity contribution in [1.29, 1.82) is 0 Å². The van der Waals surface area contributed by atoms with E-state index in [9.17, 15) is 0 Å². The standard InChI is InChI=1S/C27H20/c1-4-12-20(13-5-1)25-23-18-10-11-19-24(23)26(21-14-6-2-7-15-21)27(25)22-16-8-3-9-17-22/h1-19,25H. The van der Waals surface area contributed by atoms with Gasteiger partial charge in [-0.25, -0.2) is 0 Å². The van der Waals surface area contributed by atoms with E-state index in [-0.39, 0.29) is 5.92 Å². The summed E-state index contributed by atoms with van der Waals surface area (Å²) in [6, 6.07) is 41.4. The molecule has 1 atom stereocenters. The Hall–Kier alpha value is -3.38. The van der Waals surface area contributed by atoms with E-state index in [0.29, 0.717) is 0 Å². The average Bonchev–Trinajstić information content (AvgIpc) is 3.11. The Balaban J connectivity index is 1.86. The van der Waals surface area contributed by atoms with Gasteiger partial charge >= 0.3 is 0 Å². The van der Waals surface area contributed by atoms with Gasteiger partial charge in [0.1, 0.15) is 0 Å². The molecule has 0 amide bonds. The molecule has 1 unspecified atom stereocenters. The second-order valence-corrected chi connectivity index (χ2v) is 6.95. The zero-order valence-corrected chi connectivity index (χ0v) is 15.0. The average molecular weight is 344 g/mol. The molecule has 0 radical (unpaired) electrons. The van der Waals surface area contributed by atoms with Crippen LogP contribution in [0.1, 0.15) is 33.7 Å². The third-order valence-electron chi connectivity index (χ3n) is 5.38. The van der Waals surface area contributed by atoms with E-state index in [0.717, 1.165) is 0 Å². The Morgan fingerprint density at radius 1 is 0.444 bits per heavy atom. The molecule has 4 aromatic carbocycles. The zero-order valence-electron chi connectivity index (χ0n) is 15.0. The van der Waals surface area contributed by atoms with E-state index in [1.165, 1.54) is 39.0 Å². The van der Waals surface area contributed by atoms with Crippen molar-refractivity contribution in [1.82, 2.24) is 0 Å². The summed E-state index contributed by atoms with van der Waals surface area (Å²) in [5, 5.41) is 0. The van der Waals surface area contributed by atoms with E-state index in [1.54, 1.807) is 0 Å². The Morgan fingerprint density at radius 2 is 0.963 bits per heavy atom. The quantitative estimate of drug-likeness (QED) is 0.384. The first-order chi connectivity index (χ1) is 13.4. The predicted molar refractivity (Wildman–Crippen MR) is 114 cm³/mol. The first kappa shape index (κ1) is 15.8. The molecular weight excluding hydrogens is 324 g/mol. The molecule has 0 nitrogen and oxygen atoms in total. The molecule has 27 heavy (non-hydrogen) atoms. The van der Waals surface area contributed by atoms with Gasteiger partial charge in [-0.05, 0) is 39.0 Å². The summed E-state index contributed by atoms with van der Waals surface area (Å²) in [5.41, 5.74) is 9.40. The zero-order chi connectivity index (χ0) is 18.1. The summed E-state index contributed by atoms with van der Waals surface area (Å²) in [7, 11) is 0. The van der Waals surface area contributed by atoms with Gasteiger partial charge in [0.2, 0.25) is 0 Å². The molecule has 0 heterocycles. The molecule has 1 aliphatic carbocycles. The van der Waals surface area contributed by atoms with Crippen LogP contribution in [0.2, 0.25) is 0 Å². The highest BCUT2D eigenvalue weighted by molar-refractivity contribution is 6.06. The van der Waals surface area contributed by atoms with Gasteiger partial charge in [-0.1, -0.05) is 115 Å². The molecule has 1 aliphatic rings. The van der Waals surface area contributed by atoms with Crippen molar-refractivity contribution in [3.63, 3.8) is 0 Å². The monoisotopic (exact) mass is 344 g/mol. The van der Waals surface area contributed by atoms with Gasteiger partial charge in [-0.2, -0.15) is 0 Å². The molecular formula is C27H20. The van der Waals surface area contributed by atoms with E-state index in [2.05, 4.69) is 115 Å². The van der Waals surface area contributed by atoms with Crippen LogP contribution in [0.25, 0.3) is 11.1 Å². The van der Waals surface area contributed by atoms with Gasteiger partial charge in [0.15, 0.2) is 0 Å². The summed E-state index contributed by atoms with van der Waals surface area (Å²) in [5.74, 6) is 0.250. The van der Waals surface area contributed by atoms with E-state index in [4.69, 9.17) is 0 Å². The van der Waals surface area contributed by atoms with Crippen LogP contribution >= 0.6 is 0 Å². The van der Waals surface area contributed by atoms with Crippen LogP contribution in [0.15, 0.2) is 115 Å². The van der Waals surface area contributed by atoms with Crippen LogP contribution in [-0.2, 0) is 0 Å². The lowest BCUT2D eigenvalue weighted by molar-refractivity contribution is 1.07. The second kappa shape index (κ2) is 6.74. The maximum atomic E-state index is 2.28. The fraction of sp³-hybridized carbons (Fsp3) is 0.0370. The minimum atomic E-state index is 0.250. The van der Waals surface area contributed by atoms with Gasteiger partial charge in [0.25, 0.3) is 0 Å². The largest absolute Gasteiger partial charge is 0.0622 e. The maximum Gasteiger partial charge on any atom is 0.0358 e. The Bertz CT molecular complexity index is 1090. The first-order valence-electron chi connectivity index (χ1n) is 9.43. The molecule has 128 valence electrons. The van der Waals surface area contributed by atoms with Crippen LogP contribution in [0.4, 0.5) is 0 Å². The highest BCUT2D eigenvalue weighted by atomic mass is 14.4. The second-order valence-electron chi connectivity index (χ2n) is 6.95. The summed E-state index contributed by atoms with van der Waals surface area (Å²) < 4.78 is 0. The summed E-state index contributed by atoms with van der Waals surface area (Å²) in [6.07, 6.45) is 0. The summed E-state index contributed by atoms with van der Waals surface area (Å²) >= 11 is 0. The number of rotatable bonds is 3. The van der Waals surface area contributed by atoms with Gasteiger partial charge in [0, 0.05) is 5.92 Å². The van der Waals surface area contributed by atoms with Crippen molar-refractivity contribution in [2.45, 2.75) is 5.92 Å². The molecule has 0 saturated heterocycles. The van der Waals surface area contributed by atoms with Crippen molar-refractivity contribution in [3.05, 3.63) is 143 Å². The molecule has 0 aromatic heterocycles. The molecule has 0 heteroatoms. The number of hydrogen-bond donors (Lipinski definition) is 0. The molecule has 0 bridgehead atoms. The third kappa shape index (κ3) is 2.71. The highest BCUT2D eigenvalue weighted by Gasteiger charge is 2.33. The summed E-state index contributed by atoms with van der Waals surface area (Å²) in [6.45, 7) is 0. The molecule has 5 rings (SSSR count). The van der Waals surface area contributed by atoms with Crippen LogP contribution in [-0.4, -0.2) is 0 Å². The minimum Gasteiger partial charge on any atom is -0.0622 e. The number of hydrogen-bond acceptors (Lipinski definition) is 0. The predicted octanol–water partition coefficient (Wildman–Crippen LogP) is 6.79. The molecule has 0 saturated carbocycles. The van der Waals surface area contributed by atoms with Crippen molar-refractivity contribution in [2.24, 2.45) is 0 Å². The molecule has 4 aromatic rings. The van der Waals surface area contributed by atoms with Crippen molar-refractivity contribution in [3.8, 4) is 0 Å². The Labute approximate surface area is 160 Å². The van der Waals surface area contributed by atoms with Crippen molar-refractivity contribution < 1.29 is 0 Å². The SMILES string of the molecule is c1ccc(C2=C(c3ccccc3)C(c3ccccc3)c3ccccc32)cc1. The first-order valence-corrected chi connectivity index (χ1v) is 9.43. The molecule has 0 fully saturated rings. The van der Waals surface area contributed by atoms with Crippen molar-refractivity contribution in [2.75, 3.05) is 0 Å². The number of fused-ring (bicyclic) bond motifs is 1. The Kier molecular flexibility index (Phi) is 3.95. The number of benzene rings is 4. The lowest BCUT2D eigenvalue weighted by Crippen LogP contribution is -2.01. The van der Waals surface area contributed by atoms with Crippen LogP contribution in [0, 0.1) is 0 Å². The fourth-order valence-electron chi connectivity index (χ4n) is 4.26. The van der Waals surface area contributed by atoms with Crippen LogP contribution < -0.4 is 0 Å². The molecule has 0 spiro atoms. The summed E-state index contributed by atoms with van der Waals surface area (Å²) in [4.78, 5) is 0. The van der Waals surface area contributed by atoms with Crippen LogP contribution in [0.5, 0.6) is 0 Å². The van der Waals surface area contributed by atoms with Crippen LogP contribution in [0.3, 0.4) is 0 Å². The molecule has 0 aliphatic heterocycles. The van der Waals surface area contributed by atoms with Crippen molar-refractivity contribution >= 4 is 11.1 Å². The Morgan fingerprint density at radius 3 is 1.63 bits per heavy atom. The molecule has 0 N–H and O–H groups in total. The smallest absolute Gasteiger partial charge is 0.0358 e. The maximum absolute atomic E-state index is 2.28. The van der Waals surface area contributed by atoms with Gasteiger partial charge in [0.05, 0.1) is 0 Å². The van der Waals surface area contributed by atoms with E-state index >= 15 is 0 Å². The van der Waals surface area contributed by atoms with Gasteiger partial charge in [-0.3, -0.25) is 0 Å². The topological polar surface area (TPSA) is 0 Å². The lowest BCUT2D eigenvalue weighted by atomic mass is 9.84. The van der Waals surface area contributed by atoms with E-state index < -0.39 is 0 Å². The third-order valence-corrected chi connectivity index (χ3v) is 5.38. The minimum absolute atomic E-state index is 0.250. The van der Waals surface area contributed by atoms with Gasteiger partial charge in [-0.15, -0.1) is 0 Å². The normalized spacial score (nSPS) is 15.6. The van der Waals surface area contributed by atoms with Gasteiger partial charge < -0.3 is 0 Å². The number of allylic oxidation sites excluding steroid dienone is 1. The highest BCUT2D eigenvalue weighted by Crippen LogP contribution is 2.52. The lowest BCUT2D eigenvalue weighted by Gasteiger charge is -2.18. The van der Waals surface area contributed by atoms with E-state index in [1.807, 2.05) is 0 Å². The fourth-order valence-corrected chi connectivity index (χ4v) is 4.26.